The van der Waals surface area contributed by atoms with Crippen LogP contribution in [0.15, 0.2) is 16.8 Å². The van der Waals surface area contributed by atoms with E-state index in [-0.39, 0.29) is 11.8 Å². The van der Waals surface area contributed by atoms with E-state index in [9.17, 15) is 4.79 Å². The zero-order chi connectivity index (χ0) is 7.68. The summed E-state index contributed by atoms with van der Waals surface area (Å²) in [7, 11) is 0. The Bertz CT molecular complexity index is 244. The summed E-state index contributed by atoms with van der Waals surface area (Å²) in [5, 5.41) is 5.81. The number of amides is 1. The van der Waals surface area contributed by atoms with Gasteiger partial charge in [0.2, 0.25) is 5.91 Å². The Hall–Kier alpha value is -1.32. The molecule has 0 radical (unpaired) electrons. The third-order valence-corrected chi connectivity index (χ3v) is 1.89. The first-order valence-electron chi connectivity index (χ1n) is 3.59. The second-order valence-corrected chi connectivity index (χ2v) is 2.58. The van der Waals surface area contributed by atoms with Crippen LogP contribution in [0.5, 0.6) is 0 Å². The van der Waals surface area contributed by atoms with Crippen LogP contribution in [-0.4, -0.2) is 25.3 Å². The Balaban J connectivity index is 2.24. The quantitative estimate of drug-likeness (QED) is 0.478. The van der Waals surface area contributed by atoms with Crippen LogP contribution in [0.4, 0.5) is 0 Å². The van der Waals surface area contributed by atoms with Crippen molar-refractivity contribution < 1.29 is 4.79 Å². The molecule has 0 spiro atoms. The average Bonchev–Trinajstić information content (AvgIpc) is 2.06. The van der Waals surface area contributed by atoms with Crippen molar-refractivity contribution in [3.05, 3.63) is 11.8 Å². The number of hydrogen-bond acceptors (Lipinski definition) is 3. The maximum absolute atomic E-state index is 11.2. The molecule has 0 bridgehead atoms. The molecule has 4 nitrogen and oxygen atoms in total. The van der Waals surface area contributed by atoms with Gasteiger partial charge in [-0.2, -0.15) is 0 Å². The van der Waals surface area contributed by atoms with Crippen molar-refractivity contribution in [3.8, 4) is 0 Å². The van der Waals surface area contributed by atoms with E-state index >= 15 is 0 Å². The van der Waals surface area contributed by atoms with Gasteiger partial charge in [0.1, 0.15) is 0 Å². The van der Waals surface area contributed by atoms with E-state index in [0.29, 0.717) is 13.2 Å². The Morgan fingerprint density at radius 2 is 2.45 bits per heavy atom. The number of carbonyl (C=O) groups is 1. The first-order valence-corrected chi connectivity index (χ1v) is 3.59. The zero-order valence-electron chi connectivity index (χ0n) is 6.00. The second-order valence-electron chi connectivity index (χ2n) is 2.58. The molecule has 4 heteroatoms. The lowest BCUT2D eigenvalue weighted by Crippen LogP contribution is -2.48. The van der Waals surface area contributed by atoms with Crippen molar-refractivity contribution in [2.45, 2.75) is 0 Å². The zero-order valence-corrected chi connectivity index (χ0v) is 6.00. The molecule has 1 unspecified atom stereocenters. The maximum Gasteiger partial charge on any atom is 0.232 e. The molecule has 2 rings (SSSR count). The first kappa shape index (κ1) is 6.39. The molecule has 1 atom stereocenters. The van der Waals surface area contributed by atoms with Gasteiger partial charge < -0.3 is 10.6 Å². The van der Waals surface area contributed by atoms with E-state index in [0.717, 1.165) is 5.70 Å². The summed E-state index contributed by atoms with van der Waals surface area (Å²) in [6.07, 6.45) is 3.59. The van der Waals surface area contributed by atoms with Crippen LogP contribution in [-0.2, 0) is 4.79 Å². The fraction of sp³-hybridized carbons (Fsp3) is 0.429. The van der Waals surface area contributed by atoms with Crippen molar-refractivity contribution in [1.82, 2.24) is 10.6 Å². The smallest absolute Gasteiger partial charge is 0.232 e. The summed E-state index contributed by atoms with van der Waals surface area (Å²) in [6, 6.07) is 0. The van der Waals surface area contributed by atoms with E-state index in [1.165, 1.54) is 0 Å². The largest absolute Gasteiger partial charge is 0.370 e. The lowest BCUT2D eigenvalue weighted by molar-refractivity contribution is -0.124. The Morgan fingerprint density at radius 1 is 1.55 bits per heavy atom. The van der Waals surface area contributed by atoms with Gasteiger partial charge in [-0.1, -0.05) is 0 Å². The minimum absolute atomic E-state index is 0.0752. The summed E-state index contributed by atoms with van der Waals surface area (Å²) in [4.78, 5) is 15.2. The van der Waals surface area contributed by atoms with Gasteiger partial charge in [0.15, 0.2) is 0 Å². The molecule has 0 saturated carbocycles. The molecule has 1 amide bonds. The van der Waals surface area contributed by atoms with Gasteiger partial charge in [0.25, 0.3) is 0 Å². The number of fused-ring (bicyclic) bond motifs is 1. The SMILES string of the molecule is O=C1NCNC2=CC=NCC12. The van der Waals surface area contributed by atoms with E-state index in [1.54, 1.807) is 6.21 Å². The van der Waals surface area contributed by atoms with E-state index in [1.807, 2.05) is 6.08 Å². The topological polar surface area (TPSA) is 53.5 Å². The van der Waals surface area contributed by atoms with Crippen LogP contribution in [0, 0.1) is 5.92 Å². The van der Waals surface area contributed by atoms with Gasteiger partial charge in [-0.25, -0.2) is 0 Å². The minimum atomic E-state index is -0.0752. The van der Waals surface area contributed by atoms with Gasteiger partial charge in [-0.05, 0) is 6.08 Å². The van der Waals surface area contributed by atoms with Gasteiger partial charge in [-0.15, -0.1) is 0 Å². The summed E-state index contributed by atoms with van der Waals surface area (Å²) in [5.41, 5.74) is 0.990. The third-order valence-electron chi connectivity index (χ3n) is 1.89. The molecule has 2 aliphatic rings. The van der Waals surface area contributed by atoms with E-state index in [4.69, 9.17) is 0 Å². The highest BCUT2D eigenvalue weighted by Crippen LogP contribution is 2.13. The molecule has 2 N–H and O–H groups in total. The monoisotopic (exact) mass is 151 g/mol. The lowest BCUT2D eigenvalue weighted by atomic mass is 10.0. The summed E-state index contributed by atoms with van der Waals surface area (Å²) < 4.78 is 0. The van der Waals surface area contributed by atoms with Crippen LogP contribution < -0.4 is 10.6 Å². The van der Waals surface area contributed by atoms with Crippen LogP contribution in [0.2, 0.25) is 0 Å². The lowest BCUT2D eigenvalue weighted by Gasteiger charge is -2.26. The molecular formula is C7H9N3O. The van der Waals surface area contributed by atoms with Crippen LogP contribution in [0.1, 0.15) is 0 Å². The van der Waals surface area contributed by atoms with Gasteiger partial charge in [0, 0.05) is 11.9 Å². The molecular weight excluding hydrogens is 142 g/mol. The number of allylic oxidation sites excluding steroid dienone is 1. The molecule has 1 fully saturated rings. The normalized spacial score (nSPS) is 28.2. The maximum atomic E-state index is 11.2. The van der Waals surface area contributed by atoms with Crippen molar-refractivity contribution in [1.29, 1.82) is 0 Å². The minimum Gasteiger partial charge on any atom is -0.370 e. The van der Waals surface area contributed by atoms with Gasteiger partial charge in [-0.3, -0.25) is 9.79 Å². The number of hydrogen-bond donors (Lipinski definition) is 2. The van der Waals surface area contributed by atoms with E-state index in [2.05, 4.69) is 15.6 Å². The fourth-order valence-electron chi connectivity index (χ4n) is 1.28. The highest BCUT2D eigenvalue weighted by Gasteiger charge is 2.26. The van der Waals surface area contributed by atoms with Crippen molar-refractivity contribution in [2.75, 3.05) is 13.2 Å². The highest BCUT2D eigenvalue weighted by atomic mass is 16.2. The summed E-state index contributed by atoms with van der Waals surface area (Å²) in [6.45, 7) is 1.11. The Kier molecular flexibility index (Phi) is 1.38. The van der Waals surface area contributed by atoms with Crippen LogP contribution >= 0.6 is 0 Å². The summed E-state index contributed by atoms with van der Waals surface area (Å²) >= 11 is 0. The molecule has 11 heavy (non-hydrogen) atoms. The molecule has 1 saturated heterocycles. The molecule has 58 valence electrons. The molecule has 2 aliphatic heterocycles. The number of rotatable bonds is 0. The first-order chi connectivity index (χ1) is 5.38. The van der Waals surface area contributed by atoms with Crippen LogP contribution in [0.3, 0.4) is 0 Å². The van der Waals surface area contributed by atoms with Crippen LogP contribution in [0.25, 0.3) is 0 Å². The molecule has 0 aromatic carbocycles. The number of dihydropyridines is 1. The van der Waals surface area contributed by atoms with Crippen molar-refractivity contribution >= 4 is 12.1 Å². The fourth-order valence-corrected chi connectivity index (χ4v) is 1.28. The molecule has 0 aromatic rings. The number of aliphatic imine (C=N–C) groups is 1. The number of carbonyl (C=O) groups excluding carboxylic acids is 1. The molecule has 0 aliphatic carbocycles. The molecule has 0 aromatic heterocycles. The van der Waals surface area contributed by atoms with E-state index < -0.39 is 0 Å². The Morgan fingerprint density at radius 3 is 3.27 bits per heavy atom. The average molecular weight is 151 g/mol. The third kappa shape index (κ3) is 1.00. The van der Waals surface area contributed by atoms with Crippen molar-refractivity contribution in [3.63, 3.8) is 0 Å². The van der Waals surface area contributed by atoms with Crippen molar-refractivity contribution in [2.24, 2.45) is 10.9 Å². The predicted octanol–water partition coefficient (Wildman–Crippen LogP) is -0.752. The Labute approximate surface area is 64.4 Å². The molecule has 2 heterocycles. The standard InChI is InChI=1S/C7H9N3O/c11-7-5-3-8-2-1-6(5)9-4-10-7/h1-2,5,9H,3-4H2,(H,10,11). The number of nitrogens with one attached hydrogen (secondary N) is 2. The highest BCUT2D eigenvalue weighted by molar-refractivity contribution is 5.86. The summed E-state index contributed by atoms with van der Waals surface area (Å²) in [5.74, 6) is 0.000556. The van der Waals surface area contributed by atoms with Gasteiger partial charge >= 0.3 is 0 Å². The van der Waals surface area contributed by atoms with Gasteiger partial charge in [0.05, 0.1) is 19.1 Å². The second kappa shape index (κ2) is 2.38. The number of nitrogens with zero attached hydrogens (tertiary/aromatic N) is 1. The predicted molar refractivity (Wildman–Crippen MR) is 41.1 cm³/mol.